The molecule has 0 N–H and O–H groups in total. The van der Waals surface area contributed by atoms with Crippen molar-refractivity contribution in [1.29, 1.82) is 0 Å². The molecule has 0 amide bonds. The van der Waals surface area contributed by atoms with Crippen LogP contribution in [0, 0.1) is 6.92 Å². The Balaban J connectivity index is 2.02. The third-order valence-electron chi connectivity index (χ3n) is 5.04. The number of anilines is 1. The molecule has 0 fully saturated rings. The summed E-state index contributed by atoms with van der Waals surface area (Å²) in [7, 11) is -4.39. The van der Waals surface area contributed by atoms with E-state index in [0.29, 0.717) is 16.8 Å². The maximum absolute atomic E-state index is 14.1. The highest BCUT2D eigenvalue weighted by Crippen LogP contribution is 2.40. The van der Waals surface area contributed by atoms with Gasteiger partial charge in [-0.2, -0.15) is 4.98 Å². The first kappa shape index (κ1) is 25.9. The topological polar surface area (TPSA) is 103 Å². The van der Waals surface area contributed by atoms with E-state index in [1.165, 1.54) is 18.2 Å². The van der Waals surface area contributed by atoms with Crippen LogP contribution in [0.5, 0.6) is 0 Å². The zero-order valence-corrected chi connectivity index (χ0v) is 22.3. The number of sulfonamides is 1. The van der Waals surface area contributed by atoms with Gasteiger partial charge in [0.1, 0.15) is 12.1 Å². The highest BCUT2D eigenvalue weighted by atomic mass is 35.5. The molecular weight excluding hydrogens is 525 g/mol. The molecule has 8 nitrogen and oxygen atoms in total. The highest BCUT2D eigenvalue weighted by Gasteiger charge is 2.33. The average molecular weight is 548 g/mol. The molecule has 0 aliphatic heterocycles. The second-order valence-corrected chi connectivity index (χ2v) is 11.8. The van der Waals surface area contributed by atoms with Gasteiger partial charge in [0.25, 0.3) is 10.0 Å². The molecule has 4 rings (SSSR count). The molecule has 3 aromatic carbocycles. The van der Waals surface area contributed by atoms with Crippen LogP contribution in [0.1, 0.15) is 26.7 Å². The lowest BCUT2D eigenvalue weighted by Crippen LogP contribution is -2.39. The normalized spacial score (nSPS) is 12.1. The summed E-state index contributed by atoms with van der Waals surface area (Å²) in [5.41, 5.74) is -0.292. The summed E-state index contributed by atoms with van der Waals surface area (Å²) in [5.74, 6) is -0.281. The second-order valence-electron chi connectivity index (χ2n) is 9.02. The van der Waals surface area contributed by atoms with Gasteiger partial charge in [-0.25, -0.2) is 8.42 Å². The Bertz CT molecular complexity index is 1540. The minimum atomic E-state index is -4.39. The molecular formula is C25H23Cl2N3O5S. The summed E-state index contributed by atoms with van der Waals surface area (Å²) < 4.78 is 39.8. The van der Waals surface area contributed by atoms with E-state index in [4.69, 9.17) is 32.5 Å². The van der Waals surface area contributed by atoms with Crippen molar-refractivity contribution in [3.63, 3.8) is 0 Å². The Morgan fingerprint density at radius 3 is 2.33 bits per heavy atom. The predicted octanol–water partition coefficient (Wildman–Crippen LogP) is 6.04. The summed E-state index contributed by atoms with van der Waals surface area (Å²) >= 11 is 12.3. The van der Waals surface area contributed by atoms with Gasteiger partial charge < -0.3 is 9.26 Å². The van der Waals surface area contributed by atoms with E-state index >= 15 is 0 Å². The SMILES string of the molecule is Cc1nc(-c2ccc3ccccc3c2N(CC(=O)OC(C)(C)C)S(=O)(=O)c2cc(Cl)cc(Cl)c2)no1. The maximum atomic E-state index is 14.1. The lowest BCUT2D eigenvalue weighted by atomic mass is 10.0. The number of rotatable bonds is 6. The van der Waals surface area contributed by atoms with E-state index in [1.807, 2.05) is 18.2 Å². The van der Waals surface area contributed by atoms with Gasteiger partial charge in [-0.05, 0) is 50.4 Å². The Kier molecular flexibility index (Phi) is 7.01. The number of carbonyl (C=O) groups excluding carboxylic acids is 1. The number of halogens is 2. The molecule has 0 aliphatic rings. The third kappa shape index (κ3) is 5.48. The number of ether oxygens (including phenoxy) is 1. The van der Waals surface area contributed by atoms with Crippen LogP contribution in [0.3, 0.4) is 0 Å². The largest absolute Gasteiger partial charge is 0.459 e. The van der Waals surface area contributed by atoms with Crippen molar-refractivity contribution in [2.45, 2.75) is 38.2 Å². The average Bonchev–Trinajstić information content (AvgIpc) is 3.21. The van der Waals surface area contributed by atoms with Gasteiger partial charge in [0.2, 0.25) is 11.7 Å². The number of aromatic nitrogens is 2. The van der Waals surface area contributed by atoms with Crippen LogP contribution in [-0.2, 0) is 19.6 Å². The molecule has 4 aromatic rings. The zero-order chi connectivity index (χ0) is 26.3. The van der Waals surface area contributed by atoms with Crippen LogP contribution >= 0.6 is 23.2 Å². The zero-order valence-electron chi connectivity index (χ0n) is 20.0. The smallest absolute Gasteiger partial charge is 0.327 e. The summed E-state index contributed by atoms with van der Waals surface area (Å²) in [4.78, 5) is 17.1. The van der Waals surface area contributed by atoms with E-state index < -0.39 is 28.1 Å². The fraction of sp³-hybridized carbons (Fsp3) is 0.240. The fourth-order valence-corrected chi connectivity index (χ4v) is 5.87. The minimum Gasteiger partial charge on any atom is -0.459 e. The molecule has 188 valence electrons. The van der Waals surface area contributed by atoms with Crippen LogP contribution in [0.25, 0.3) is 22.2 Å². The molecule has 0 saturated heterocycles. The molecule has 0 radical (unpaired) electrons. The van der Waals surface area contributed by atoms with Gasteiger partial charge in [-0.1, -0.05) is 58.7 Å². The second kappa shape index (κ2) is 9.72. The van der Waals surface area contributed by atoms with E-state index in [2.05, 4.69) is 10.1 Å². The van der Waals surface area contributed by atoms with Crippen molar-refractivity contribution in [2.24, 2.45) is 0 Å². The summed E-state index contributed by atoms with van der Waals surface area (Å²) in [6.07, 6.45) is 0. The summed E-state index contributed by atoms with van der Waals surface area (Å²) in [6, 6.07) is 14.6. The van der Waals surface area contributed by atoms with Crippen LogP contribution in [0.15, 0.2) is 64.0 Å². The summed E-state index contributed by atoms with van der Waals surface area (Å²) in [6.45, 7) is 6.10. The van der Waals surface area contributed by atoms with Crippen molar-refractivity contribution in [2.75, 3.05) is 10.8 Å². The van der Waals surface area contributed by atoms with Crippen molar-refractivity contribution in [1.82, 2.24) is 10.1 Å². The van der Waals surface area contributed by atoms with Gasteiger partial charge in [-0.15, -0.1) is 0 Å². The molecule has 1 aromatic heterocycles. The fourth-order valence-electron chi connectivity index (χ4n) is 3.69. The number of aryl methyl sites for hydroxylation is 1. The Morgan fingerprint density at radius 1 is 1.06 bits per heavy atom. The maximum Gasteiger partial charge on any atom is 0.327 e. The van der Waals surface area contributed by atoms with Crippen molar-refractivity contribution >= 4 is 55.7 Å². The van der Waals surface area contributed by atoms with Crippen molar-refractivity contribution in [3.8, 4) is 11.4 Å². The van der Waals surface area contributed by atoms with Crippen molar-refractivity contribution in [3.05, 3.63) is 70.5 Å². The van der Waals surface area contributed by atoms with Crippen molar-refractivity contribution < 1.29 is 22.5 Å². The standard InChI is InChI=1S/C25H23Cl2N3O5S/c1-15-28-24(29-35-15)21-10-9-16-7-5-6-8-20(16)23(21)30(14-22(31)34-25(2,3)4)36(32,33)19-12-17(26)11-18(27)13-19/h5-13H,14H2,1-4H3. The molecule has 11 heteroatoms. The van der Waals surface area contributed by atoms with Gasteiger partial charge in [-0.3, -0.25) is 9.10 Å². The van der Waals surface area contributed by atoms with E-state index in [9.17, 15) is 13.2 Å². The van der Waals surface area contributed by atoms with Crippen LogP contribution in [0.2, 0.25) is 10.0 Å². The quantitative estimate of drug-likeness (QED) is 0.271. The number of hydrogen-bond donors (Lipinski definition) is 0. The van der Waals surface area contributed by atoms with E-state index in [0.717, 1.165) is 9.69 Å². The third-order valence-corrected chi connectivity index (χ3v) is 7.20. The minimum absolute atomic E-state index is 0.130. The van der Waals surface area contributed by atoms with E-state index in [-0.39, 0.29) is 26.5 Å². The first-order valence-corrected chi connectivity index (χ1v) is 13.1. The Morgan fingerprint density at radius 2 is 1.72 bits per heavy atom. The molecule has 0 saturated carbocycles. The molecule has 0 spiro atoms. The van der Waals surface area contributed by atoms with Gasteiger partial charge >= 0.3 is 5.97 Å². The van der Waals surface area contributed by atoms with E-state index in [1.54, 1.807) is 45.9 Å². The van der Waals surface area contributed by atoms with Crippen LogP contribution in [0.4, 0.5) is 5.69 Å². The molecule has 0 atom stereocenters. The number of benzene rings is 3. The van der Waals surface area contributed by atoms with Gasteiger partial charge in [0.05, 0.1) is 10.6 Å². The molecule has 0 aliphatic carbocycles. The number of hydrogen-bond acceptors (Lipinski definition) is 7. The molecule has 1 heterocycles. The number of fused-ring (bicyclic) bond motifs is 1. The number of nitrogens with zero attached hydrogens (tertiary/aromatic N) is 3. The molecule has 0 unspecified atom stereocenters. The molecule has 0 bridgehead atoms. The monoisotopic (exact) mass is 547 g/mol. The first-order chi connectivity index (χ1) is 16.8. The highest BCUT2D eigenvalue weighted by molar-refractivity contribution is 7.93. The van der Waals surface area contributed by atoms with Gasteiger partial charge in [0, 0.05) is 27.9 Å². The predicted molar refractivity (Wildman–Crippen MR) is 139 cm³/mol. The Hall–Kier alpha value is -3.14. The number of carbonyl (C=O) groups is 1. The van der Waals surface area contributed by atoms with Crippen LogP contribution < -0.4 is 4.31 Å². The first-order valence-electron chi connectivity index (χ1n) is 10.9. The van der Waals surface area contributed by atoms with Gasteiger partial charge in [0.15, 0.2) is 0 Å². The Labute approximate surface area is 218 Å². The number of esters is 1. The molecule has 36 heavy (non-hydrogen) atoms. The lowest BCUT2D eigenvalue weighted by molar-refractivity contribution is -0.152. The van der Waals surface area contributed by atoms with Crippen LogP contribution in [-0.4, -0.2) is 36.7 Å². The lowest BCUT2D eigenvalue weighted by Gasteiger charge is -2.28. The summed E-state index contributed by atoms with van der Waals surface area (Å²) in [5, 5.41) is 5.55.